The third kappa shape index (κ3) is 6.90. The Balaban J connectivity index is 1.76. The highest BCUT2D eigenvalue weighted by Gasteiger charge is 2.26. The fraction of sp³-hybridized carbons (Fsp3) is 0.200. The van der Waals surface area contributed by atoms with Crippen molar-refractivity contribution in [2.24, 2.45) is 5.73 Å². The van der Waals surface area contributed by atoms with Crippen LogP contribution in [0, 0.1) is 0 Å². The number of sulfonamides is 1. The first-order chi connectivity index (χ1) is 16.3. The van der Waals surface area contributed by atoms with Crippen molar-refractivity contribution in [1.82, 2.24) is 4.31 Å². The molecule has 0 atom stereocenters. The Bertz CT molecular complexity index is 1210. The van der Waals surface area contributed by atoms with E-state index in [0.717, 1.165) is 11.1 Å². The Morgan fingerprint density at radius 1 is 0.912 bits per heavy atom. The highest BCUT2D eigenvalue weighted by Crippen LogP contribution is 2.20. The van der Waals surface area contributed by atoms with Crippen molar-refractivity contribution < 1.29 is 22.7 Å². The monoisotopic (exact) mass is 481 g/mol. The summed E-state index contributed by atoms with van der Waals surface area (Å²) in [6, 6.07) is 22.2. The van der Waals surface area contributed by atoms with E-state index in [2.05, 4.69) is 5.32 Å². The minimum absolute atomic E-state index is 0.0740. The standard InChI is InChI=1S/C25H27N3O5S/c1-33-22-11-13-23(14-12-22)34(31,32)28(16-15-19-5-3-2-4-6-19)18-25(30)27-21-9-7-20(8-10-21)17-24(26)29/h2-14H,15-18H2,1H3,(H2,26,29)(H,27,30). The van der Waals surface area contributed by atoms with E-state index in [0.29, 0.717) is 17.9 Å². The van der Waals surface area contributed by atoms with E-state index in [1.165, 1.54) is 23.5 Å². The second-order valence-corrected chi connectivity index (χ2v) is 9.58. The maximum Gasteiger partial charge on any atom is 0.243 e. The number of hydrogen-bond donors (Lipinski definition) is 2. The molecule has 0 aliphatic rings. The van der Waals surface area contributed by atoms with Crippen LogP contribution in [0.1, 0.15) is 11.1 Å². The van der Waals surface area contributed by atoms with Crippen molar-refractivity contribution in [3.05, 3.63) is 90.0 Å². The summed E-state index contributed by atoms with van der Waals surface area (Å²) in [5.41, 5.74) is 7.36. The van der Waals surface area contributed by atoms with Gasteiger partial charge >= 0.3 is 0 Å². The van der Waals surface area contributed by atoms with E-state index in [9.17, 15) is 18.0 Å². The van der Waals surface area contributed by atoms with Gasteiger partial charge in [-0.1, -0.05) is 42.5 Å². The Morgan fingerprint density at radius 3 is 2.15 bits per heavy atom. The molecule has 0 fully saturated rings. The molecule has 34 heavy (non-hydrogen) atoms. The molecule has 0 unspecified atom stereocenters. The number of anilines is 1. The Morgan fingerprint density at radius 2 is 1.56 bits per heavy atom. The van der Waals surface area contributed by atoms with Gasteiger partial charge in [0.1, 0.15) is 5.75 Å². The van der Waals surface area contributed by atoms with Gasteiger partial charge in [0.2, 0.25) is 21.8 Å². The van der Waals surface area contributed by atoms with Gasteiger partial charge in [0.15, 0.2) is 0 Å². The van der Waals surface area contributed by atoms with Crippen LogP contribution in [-0.4, -0.2) is 44.7 Å². The summed E-state index contributed by atoms with van der Waals surface area (Å²) in [6.45, 7) is -0.229. The zero-order valence-corrected chi connectivity index (χ0v) is 19.6. The number of rotatable bonds is 11. The lowest BCUT2D eigenvalue weighted by atomic mass is 10.1. The van der Waals surface area contributed by atoms with E-state index in [1.54, 1.807) is 36.4 Å². The number of ether oxygens (including phenoxy) is 1. The normalized spacial score (nSPS) is 11.2. The minimum atomic E-state index is -3.94. The number of hydrogen-bond acceptors (Lipinski definition) is 5. The van der Waals surface area contributed by atoms with Gasteiger partial charge in [0.05, 0.1) is 25.0 Å². The molecule has 3 aromatic rings. The van der Waals surface area contributed by atoms with Crippen molar-refractivity contribution in [3.8, 4) is 5.75 Å². The molecule has 0 radical (unpaired) electrons. The van der Waals surface area contributed by atoms with Gasteiger partial charge in [-0.15, -0.1) is 0 Å². The van der Waals surface area contributed by atoms with Crippen molar-refractivity contribution in [3.63, 3.8) is 0 Å². The number of carbonyl (C=O) groups excluding carboxylic acids is 2. The highest BCUT2D eigenvalue weighted by atomic mass is 32.2. The fourth-order valence-corrected chi connectivity index (χ4v) is 4.74. The molecule has 0 saturated heterocycles. The molecule has 0 spiro atoms. The Kier molecular flexibility index (Phi) is 8.39. The van der Waals surface area contributed by atoms with E-state index >= 15 is 0 Å². The molecule has 0 heterocycles. The molecule has 3 N–H and O–H groups in total. The molecule has 8 nitrogen and oxygen atoms in total. The van der Waals surface area contributed by atoms with Crippen LogP contribution in [0.4, 0.5) is 5.69 Å². The number of nitrogens with zero attached hydrogens (tertiary/aromatic N) is 1. The Hall–Kier alpha value is -3.69. The second kappa shape index (κ2) is 11.4. The predicted octanol–water partition coefficient (Wildman–Crippen LogP) is 2.60. The van der Waals surface area contributed by atoms with Crippen molar-refractivity contribution in [2.45, 2.75) is 17.7 Å². The van der Waals surface area contributed by atoms with E-state index in [4.69, 9.17) is 10.5 Å². The lowest BCUT2D eigenvalue weighted by Gasteiger charge is -2.22. The highest BCUT2D eigenvalue weighted by molar-refractivity contribution is 7.89. The minimum Gasteiger partial charge on any atom is -0.497 e. The lowest BCUT2D eigenvalue weighted by Crippen LogP contribution is -2.39. The maximum atomic E-state index is 13.3. The maximum absolute atomic E-state index is 13.3. The van der Waals surface area contributed by atoms with Crippen LogP contribution >= 0.6 is 0 Å². The molecule has 0 aliphatic carbocycles. The molecule has 0 bridgehead atoms. The van der Waals surface area contributed by atoms with Crippen LogP contribution in [0.5, 0.6) is 5.75 Å². The third-order valence-corrected chi connectivity index (χ3v) is 6.99. The summed E-state index contributed by atoms with van der Waals surface area (Å²) >= 11 is 0. The number of nitrogens with two attached hydrogens (primary N) is 1. The molecule has 0 aromatic heterocycles. The van der Waals surface area contributed by atoms with Gasteiger partial charge in [0.25, 0.3) is 0 Å². The number of benzene rings is 3. The molecule has 178 valence electrons. The second-order valence-electron chi connectivity index (χ2n) is 7.64. The summed E-state index contributed by atoms with van der Waals surface area (Å²) in [4.78, 5) is 23.9. The largest absolute Gasteiger partial charge is 0.497 e. The van der Waals surface area contributed by atoms with Crippen LogP contribution in [0.2, 0.25) is 0 Å². The summed E-state index contributed by atoms with van der Waals surface area (Å²) < 4.78 is 33.0. The summed E-state index contributed by atoms with van der Waals surface area (Å²) in [6.07, 6.45) is 0.549. The van der Waals surface area contributed by atoms with Crippen molar-refractivity contribution >= 4 is 27.5 Å². The topological polar surface area (TPSA) is 119 Å². The smallest absolute Gasteiger partial charge is 0.243 e. The molecule has 0 saturated carbocycles. The lowest BCUT2D eigenvalue weighted by molar-refractivity contribution is -0.117. The number of carbonyl (C=O) groups is 2. The van der Waals surface area contributed by atoms with E-state index in [1.807, 2.05) is 30.3 Å². The Labute approximate surface area is 199 Å². The quantitative estimate of drug-likeness (QED) is 0.436. The number of nitrogens with one attached hydrogen (secondary N) is 1. The number of primary amides is 1. The molecule has 3 rings (SSSR count). The van der Waals surface area contributed by atoms with Crippen LogP contribution < -0.4 is 15.8 Å². The van der Waals surface area contributed by atoms with Gasteiger partial charge in [-0.3, -0.25) is 9.59 Å². The average Bonchev–Trinajstić information content (AvgIpc) is 2.83. The van der Waals surface area contributed by atoms with Crippen LogP contribution in [0.15, 0.2) is 83.8 Å². The molecule has 3 aromatic carbocycles. The van der Waals surface area contributed by atoms with Crippen LogP contribution in [-0.2, 0) is 32.5 Å². The van der Waals surface area contributed by atoms with Gasteiger partial charge in [0, 0.05) is 12.2 Å². The molecular weight excluding hydrogens is 454 g/mol. The van der Waals surface area contributed by atoms with Gasteiger partial charge in [-0.25, -0.2) is 8.42 Å². The number of methoxy groups -OCH3 is 1. The summed E-state index contributed by atoms with van der Waals surface area (Å²) in [5.74, 6) is -0.394. The first-order valence-electron chi connectivity index (χ1n) is 10.6. The van der Waals surface area contributed by atoms with Crippen molar-refractivity contribution in [2.75, 3.05) is 25.5 Å². The first kappa shape index (κ1) is 24.9. The molecule has 9 heteroatoms. The third-order valence-electron chi connectivity index (χ3n) is 5.13. The van der Waals surface area contributed by atoms with Crippen molar-refractivity contribution in [1.29, 1.82) is 0 Å². The SMILES string of the molecule is COc1ccc(S(=O)(=O)N(CCc2ccccc2)CC(=O)Nc2ccc(CC(N)=O)cc2)cc1. The molecule has 2 amide bonds. The predicted molar refractivity (Wildman–Crippen MR) is 130 cm³/mol. The zero-order valence-electron chi connectivity index (χ0n) is 18.8. The average molecular weight is 482 g/mol. The molecule has 0 aliphatic heterocycles. The number of amides is 2. The zero-order chi connectivity index (χ0) is 24.6. The van der Waals surface area contributed by atoms with E-state index in [-0.39, 0.29) is 24.4 Å². The molecular formula is C25H27N3O5S. The summed E-state index contributed by atoms with van der Waals surface area (Å²) in [7, 11) is -2.44. The summed E-state index contributed by atoms with van der Waals surface area (Å²) in [5, 5.41) is 2.71. The van der Waals surface area contributed by atoms with Crippen LogP contribution in [0.25, 0.3) is 0 Å². The fourth-order valence-electron chi connectivity index (χ4n) is 3.35. The van der Waals surface area contributed by atoms with E-state index < -0.39 is 21.8 Å². The van der Waals surface area contributed by atoms with Gasteiger partial charge in [-0.05, 0) is 53.9 Å². The van der Waals surface area contributed by atoms with Gasteiger partial charge < -0.3 is 15.8 Å². The van der Waals surface area contributed by atoms with Gasteiger partial charge in [-0.2, -0.15) is 4.31 Å². The first-order valence-corrected chi connectivity index (χ1v) is 12.1. The van der Waals surface area contributed by atoms with Crippen LogP contribution in [0.3, 0.4) is 0 Å².